The second-order valence-corrected chi connectivity index (χ2v) is 4.96. The molecule has 1 aromatic rings. The van der Waals surface area contributed by atoms with Gasteiger partial charge in [-0.1, -0.05) is 0 Å². The molecule has 1 rings (SSSR count). The highest BCUT2D eigenvalue weighted by Crippen LogP contribution is 2.25. The first-order valence-electron chi connectivity index (χ1n) is 7.29. The minimum absolute atomic E-state index is 0.0804. The lowest BCUT2D eigenvalue weighted by atomic mass is 10.1. The van der Waals surface area contributed by atoms with Crippen LogP contribution in [0, 0.1) is 0 Å². The molecule has 0 saturated heterocycles. The van der Waals surface area contributed by atoms with Gasteiger partial charge in [-0.15, -0.1) is 0 Å². The van der Waals surface area contributed by atoms with E-state index in [4.69, 9.17) is 24.7 Å². The summed E-state index contributed by atoms with van der Waals surface area (Å²) >= 11 is 0. The van der Waals surface area contributed by atoms with Crippen molar-refractivity contribution in [2.75, 3.05) is 40.6 Å². The first kappa shape index (κ1) is 17.8. The molecule has 0 aliphatic heterocycles. The monoisotopic (exact) mass is 297 g/mol. The van der Waals surface area contributed by atoms with E-state index in [9.17, 15) is 0 Å². The highest BCUT2D eigenvalue weighted by molar-refractivity contribution is 5.40. The molecule has 0 aromatic heterocycles. The van der Waals surface area contributed by atoms with Crippen molar-refractivity contribution in [2.45, 2.75) is 25.8 Å². The SMILES string of the molecule is COCCOCCCOc1ccc(OC)cc1CC(C)N. The van der Waals surface area contributed by atoms with Crippen molar-refractivity contribution in [1.29, 1.82) is 0 Å². The molecule has 1 atom stereocenters. The second kappa shape index (κ2) is 10.4. The summed E-state index contributed by atoms with van der Waals surface area (Å²) in [5, 5.41) is 0. The Morgan fingerprint density at radius 2 is 1.90 bits per heavy atom. The molecule has 0 heterocycles. The minimum atomic E-state index is 0.0804. The molecule has 5 heteroatoms. The first-order chi connectivity index (χ1) is 10.2. The second-order valence-electron chi connectivity index (χ2n) is 4.96. The van der Waals surface area contributed by atoms with Crippen LogP contribution >= 0.6 is 0 Å². The summed E-state index contributed by atoms with van der Waals surface area (Å²) in [7, 11) is 3.32. The van der Waals surface area contributed by atoms with Crippen LogP contribution in [0.5, 0.6) is 11.5 Å². The van der Waals surface area contributed by atoms with Gasteiger partial charge in [0.15, 0.2) is 0 Å². The fraction of sp³-hybridized carbons (Fsp3) is 0.625. The molecule has 5 nitrogen and oxygen atoms in total. The van der Waals surface area contributed by atoms with Crippen molar-refractivity contribution in [3.05, 3.63) is 23.8 Å². The Balaban J connectivity index is 2.42. The third-order valence-electron chi connectivity index (χ3n) is 2.93. The van der Waals surface area contributed by atoms with Crippen molar-refractivity contribution in [3.63, 3.8) is 0 Å². The maximum absolute atomic E-state index is 5.88. The van der Waals surface area contributed by atoms with Gasteiger partial charge in [-0.05, 0) is 37.1 Å². The molecule has 0 spiro atoms. The van der Waals surface area contributed by atoms with Crippen LogP contribution in [0.2, 0.25) is 0 Å². The maximum atomic E-state index is 5.88. The molecule has 120 valence electrons. The van der Waals surface area contributed by atoms with Crippen molar-refractivity contribution in [1.82, 2.24) is 0 Å². The topological polar surface area (TPSA) is 62.9 Å². The van der Waals surface area contributed by atoms with E-state index in [-0.39, 0.29) is 6.04 Å². The van der Waals surface area contributed by atoms with Gasteiger partial charge in [0, 0.05) is 26.2 Å². The molecule has 0 amide bonds. The molecule has 1 unspecified atom stereocenters. The Labute approximate surface area is 127 Å². The van der Waals surface area contributed by atoms with Crippen molar-refractivity contribution in [3.8, 4) is 11.5 Å². The number of hydrogen-bond donors (Lipinski definition) is 1. The predicted octanol–water partition coefficient (Wildman–Crippen LogP) is 2.02. The van der Waals surface area contributed by atoms with E-state index >= 15 is 0 Å². The van der Waals surface area contributed by atoms with Crippen LogP contribution in [0.15, 0.2) is 18.2 Å². The molecular formula is C16H27NO4. The zero-order valence-electron chi connectivity index (χ0n) is 13.3. The Hall–Kier alpha value is -1.30. The van der Waals surface area contributed by atoms with Gasteiger partial charge in [0.05, 0.1) is 26.9 Å². The molecular weight excluding hydrogens is 270 g/mol. The molecule has 0 bridgehead atoms. The van der Waals surface area contributed by atoms with E-state index in [1.165, 1.54) is 0 Å². The van der Waals surface area contributed by atoms with E-state index < -0.39 is 0 Å². The fourth-order valence-corrected chi connectivity index (χ4v) is 1.92. The zero-order valence-corrected chi connectivity index (χ0v) is 13.3. The number of benzene rings is 1. The van der Waals surface area contributed by atoms with E-state index in [1.807, 2.05) is 25.1 Å². The van der Waals surface area contributed by atoms with Gasteiger partial charge in [-0.2, -0.15) is 0 Å². The van der Waals surface area contributed by atoms with E-state index in [0.717, 1.165) is 29.9 Å². The minimum Gasteiger partial charge on any atom is -0.497 e. The van der Waals surface area contributed by atoms with Crippen molar-refractivity contribution < 1.29 is 18.9 Å². The Kier molecular flexibility index (Phi) is 8.82. The standard InChI is InChI=1S/C16H27NO4/c1-13(17)11-14-12-15(19-3)5-6-16(14)21-8-4-7-20-10-9-18-2/h5-6,12-13H,4,7-11,17H2,1-3H3. The molecule has 0 radical (unpaired) electrons. The molecule has 0 saturated carbocycles. The molecule has 0 aliphatic rings. The Morgan fingerprint density at radius 1 is 1.10 bits per heavy atom. The Bertz CT molecular complexity index is 396. The number of methoxy groups -OCH3 is 2. The number of rotatable bonds is 11. The summed E-state index contributed by atoms with van der Waals surface area (Å²) < 4.78 is 21.4. The van der Waals surface area contributed by atoms with Gasteiger partial charge in [-0.25, -0.2) is 0 Å². The molecule has 2 N–H and O–H groups in total. The molecule has 0 fully saturated rings. The van der Waals surface area contributed by atoms with Gasteiger partial charge in [-0.3, -0.25) is 0 Å². The van der Waals surface area contributed by atoms with Crippen molar-refractivity contribution in [2.24, 2.45) is 5.73 Å². The summed E-state index contributed by atoms with van der Waals surface area (Å²) in [5.41, 5.74) is 6.95. The van der Waals surface area contributed by atoms with Crippen molar-refractivity contribution >= 4 is 0 Å². The van der Waals surface area contributed by atoms with Gasteiger partial charge in [0.2, 0.25) is 0 Å². The first-order valence-corrected chi connectivity index (χ1v) is 7.29. The summed E-state index contributed by atoms with van der Waals surface area (Å²) in [5.74, 6) is 1.69. The molecule has 1 aromatic carbocycles. The molecule has 0 aliphatic carbocycles. The van der Waals surface area contributed by atoms with Gasteiger partial charge in [0.1, 0.15) is 11.5 Å². The quantitative estimate of drug-likeness (QED) is 0.633. The van der Waals surface area contributed by atoms with E-state index in [1.54, 1.807) is 14.2 Å². The van der Waals surface area contributed by atoms with Crippen LogP contribution < -0.4 is 15.2 Å². The lowest BCUT2D eigenvalue weighted by Gasteiger charge is -2.14. The smallest absolute Gasteiger partial charge is 0.122 e. The lowest BCUT2D eigenvalue weighted by Crippen LogP contribution is -2.18. The summed E-state index contributed by atoms with van der Waals surface area (Å²) in [6.07, 6.45) is 1.60. The van der Waals surface area contributed by atoms with Gasteiger partial charge >= 0.3 is 0 Å². The predicted molar refractivity (Wildman–Crippen MR) is 83.2 cm³/mol. The Morgan fingerprint density at radius 3 is 2.57 bits per heavy atom. The highest BCUT2D eigenvalue weighted by Gasteiger charge is 2.08. The molecule has 21 heavy (non-hydrogen) atoms. The largest absolute Gasteiger partial charge is 0.497 e. The maximum Gasteiger partial charge on any atom is 0.122 e. The van der Waals surface area contributed by atoms with E-state index in [2.05, 4.69) is 0 Å². The third-order valence-corrected chi connectivity index (χ3v) is 2.93. The number of nitrogens with two attached hydrogens (primary N) is 1. The highest BCUT2D eigenvalue weighted by atomic mass is 16.5. The van der Waals surface area contributed by atoms with Crippen LogP contribution in [-0.4, -0.2) is 46.7 Å². The van der Waals surface area contributed by atoms with Crippen LogP contribution in [0.3, 0.4) is 0 Å². The summed E-state index contributed by atoms with van der Waals surface area (Å²) in [6, 6.07) is 5.89. The van der Waals surface area contributed by atoms with Gasteiger partial charge in [0.25, 0.3) is 0 Å². The number of hydrogen-bond acceptors (Lipinski definition) is 5. The van der Waals surface area contributed by atoms with Crippen LogP contribution in [-0.2, 0) is 15.9 Å². The van der Waals surface area contributed by atoms with Crippen LogP contribution in [0.1, 0.15) is 18.9 Å². The van der Waals surface area contributed by atoms with Crippen LogP contribution in [0.4, 0.5) is 0 Å². The van der Waals surface area contributed by atoms with Gasteiger partial charge < -0.3 is 24.7 Å². The lowest BCUT2D eigenvalue weighted by molar-refractivity contribution is 0.0644. The summed E-state index contributed by atoms with van der Waals surface area (Å²) in [6.45, 7) is 4.51. The third kappa shape index (κ3) is 7.32. The normalized spacial score (nSPS) is 12.2. The average molecular weight is 297 g/mol. The number of ether oxygens (including phenoxy) is 4. The average Bonchev–Trinajstić information content (AvgIpc) is 2.47. The fourth-order valence-electron chi connectivity index (χ4n) is 1.92. The van der Waals surface area contributed by atoms with E-state index in [0.29, 0.717) is 26.4 Å². The summed E-state index contributed by atoms with van der Waals surface area (Å²) in [4.78, 5) is 0. The van der Waals surface area contributed by atoms with Crippen LogP contribution in [0.25, 0.3) is 0 Å². The zero-order chi connectivity index (χ0) is 15.5.